The van der Waals surface area contributed by atoms with Gasteiger partial charge in [0.05, 0.1) is 5.92 Å². The molecule has 2 aromatic rings. The molecule has 1 amide bonds. The lowest BCUT2D eigenvalue weighted by Crippen LogP contribution is -2.47. The van der Waals surface area contributed by atoms with Crippen molar-refractivity contribution in [3.63, 3.8) is 0 Å². The molecular weight excluding hydrogens is 378 g/mol. The van der Waals surface area contributed by atoms with E-state index >= 15 is 0 Å². The minimum Gasteiger partial charge on any atom is -0.457 e. The Morgan fingerprint density at radius 2 is 1.71 bits per heavy atom. The van der Waals surface area contributed by atoms with Crippen LogP contribution in [-0.2, 0) is 15.0 Å². The highest BCUT2D eigenvalue weighted by atomic mass is 32.2. The van der Waals surface area contributed by atoms with Gasteiger partial charge in [-0.1, -0.05) is 18.2 Å². The normalized spacial score (nSPS) is 18.0. The molecule has 1 fully saturated rings. The highest BCUT2D eigenvalue weighted by Gasteiger charge is 2.33. The first kappa shape index (κ1) is 20.3. The lowest BCUT2D eigenvalue weighted by molar-refractivity contribution is -0.120. The fourth-order valence-electron chi connectivity index (χ4n) is 3.07. The zero-order valence-corrected chi connectivity index (χ0v) is 16.9. The molecule has 0 bridgehead atoms. The summed E-state index contributed by atoms with van der Waals surface area (Å²) in [7, 11) is -0.508. The molecule has 1 heterocycles. The molecule has 1 atom stereocenters. The maximum absolute atomic E-state index is 12.6. The Morgan fingerprint density at radius 1 is 1.07 bits per heavy atom. The average Bonchev–Trinajstić information content (AvgIpc) is 2.70. The van der Waals surface area contributed by atoms with Gasteiger partial charge in [0.1, 0.15) is 11.5 Å². The van der Waals surface area contributed by atoms with E-state index in [2.05, 4.69) is 5.32 Å². The van der Waals surface area contributed by atoms with E-state index in [1.165, 1.54) is 22.7 Å². The van der Waals surface area contributed by atoms with Gasteiger partial charge < -0.3 is 10.1 Å². The van der Waals surface area contributed by atoms with Crippen molar-refractivity contribution < 1.29 is 17.9 Å². The molecule has 0 radical (unpaired) electrons. The van der Waals surface area contributed by atoms with Crippen LogP contribution in [0.2, 0.25) is 0 Å². The van der Waals surface area contributed by atoms with Crippen molar-refractivity contribution in [2.45, 2.75) is 12.8 Å². The van der Waals surface area contributed by atoms with Crippen molar-refractivity contribution in [2.24, 2.45) is 5.92 Å². The summed E-state index contributed by atoms with van der Waals surface area (Å²) in [6.45, 7) is 0.636. The van der Waals surface area contributed by atoms with E-state index < -0.39 is 10.2 Å². The molecule has 0 saturated carbocycles. The fourth-order valence-corrected chi connectivity index (χ4v) is 4.26. The number of benzene rings is 2. The highest BCUT2D eigenvalue weighted by molar-refractivity contribution is 7.86. The van der Waals surface area contributed by atoms with Crippen LogP contribution in [0.25, 0.3) is 0 Å². The van der Waals surface area contributed by atoms with E-state index in [0.717, 1.165) is 5.75 Å². The third-order valence-corrected chi connectivity index (χ3v) is 6.55. The number of rotatable bonds is 6. The summed E-state index contributed by atoms with van der Waals surface area (Å²) in [5.74, 6) is 0.868. The molecule has 0 unspecified atom stereocenters. The van der Waals surface area contributed by atoms with Crippen LogP contribution < -0.4 is 10.1 Å². The predicted octanol–water partition coefficient (Wildman–Crippen LogP) is 2.94. The standard InChI is InChI=1S/C20H25N3O4S/c1-22(2)28(25,26)23-14-6-7-16(15-23)20(24)21-17-10-12-19(13-11-17)27-18-8-4-3-5-9-18/h3-5,8-13,16H,6-7,14-15H2,1-2H3,(H,21,24)/t16-/m1/s1. The molecule has 1 aliphatic heterocycles. The number of amides is 1. The monoisotopic (exact) mass is 403 g/mol. The van der Waals surface area contributed by atoms with Crippen molar-refractivity contribution in [2.75, 3.05) is 32.5 Å². The molecule has 2 aromatic carbocycles. The van der Waals surface area contributed by atoms with Gasteiger partial charge in [0, 0.05) is 32.9 Å². The van der Waals surface area contributed by atoms with Crippen molar-refractivity contribution in [3.05, 3.63) is 54.6 Å². The number of hydrogen-bond acceptors (Lipinski definition) is 4. The number of ether oxygens (including phenoxy) is 1. The lowest BCUT2D eigenvalue weighted by Gasteiger charge is -2.32. The van der Waals surface area contributed by atoms with E-state index in [9.17, 15) is 13.2 Å². The maximum Gasteiger partial charge on any atom is 0.281 e. The number of nitrogens with one attached hydrogen (secondary N) is 1. The van der Waals surface area contributed by atoms with Crippen LogP contribution in [0.1, 0.15) is 12.8 Å². The second-order valence-corrected chi connectivity index (χ2v) is 9.06. The molecule has 28 heavy (non-hydrogen) atoms. The van der Waals surface area contributed by atoms with Crippen molar-refractivity contribution in [1.29, 1.82) is 0 Å². The Morgan fingerprint density at radius 3 is 2.36 bits per heavy atom. The zero-order valence-electron chi connectivity index (χ0n) is 16.0. The molecule has 0 aromatic heterocycles. The molecule has 1 aliphatic rings. The van der Waals surface area contributed by atoms with Crippen LogP contribution in [0.3, 0.4) is 0 Å². The first-order chi connectivity index (χ1) is 13.4. The Bertz CT molecular complexity index is 899. The molecule has 0 spiro atoms. The zero-order chi connectivity index (χ0) is 20.1. The van der Waals surface area contributed by atoms with Crippen molar-refractivity contribution >= 4 is 21.8 Å². The first-order valence-electron chi connectivity index (χ1n) is 9.17. The van der Waals surface area contributed by atoms with Crippen LogP contribution in [0.5, 0.6) is 11.5 Å². The van der Waals surface area contributed by atoms with Crippen molar-refractivity contribution in [3.8, 4) is 11.5 Å². The summed E-state index contributed by atoms with van der Waals surface area (Å²) in [6.07, 6.45) is 1.33. The van der Waals surface area contributed by atoms with Gasteiger partial charge in [0.2, 0.25) is 5.91 Å². The van der Waals surface area contributed by atoms with E-state index in [0.29, 0.717) is 30.8 Å². The molecule has 1 N–H and O–H groups in total. The number of para-hydroxylation sites is 1. The largest absolute Gasteiger partial charge is 0.457 e. The summed E-state index contributed by atoms with van der Waals surface area (Å²) in [5, 5.41) is 2.87. The van der Waals surface area contributed by atoms with E-state index in [1.807, 2.05) is 30.3 Å². The van der Waals surface area contributed by atoms with Crippen LogP contribution >= 0.6 is 0 Å². The molecule has 7 nitrogen and oxygen atoms in total. The molecule has 8 heteroatoms. The van der Waals surface area contributed by atoms with Gasteiger partial charge in [-0.2, -0.15) is 17.0 Å². The maximum atomic E-state index is 12.6. The van der Waals surface area contributed by atoms with Crippen LogP contribution in [0.15, 0.2) is 54.6 Å². The Labute approximate surface area is 166 Å². The number of hydrogen-bond donors (Lipinski definition) is 1. The van der Waals surface area contributed by atoms with Gasteiger partial charge >= 0.3 is 0 Å². The topological polar surface area (TPSA) is 79.0 Å². The summed E-state index contributed by atoms with van der Waals surface area (Å²) in [6, 6.07) is 16.6. The highest BCUT2D eigenvalue weighted by Crippen LogP contribution is 2.25. The first-order valence-corrected chi connectivity index (χ1v) is 10.6. The average molecular weight is 404 g/mol. The number of nitrogens with zero attached hydrogens (tertiary/aromatic N) is 2. The summed E-state index contributed by atoms with van der Waals surface area (Å²) >= 11 is 0. The minimum absolute atomic E-state index is 0.171. The van der Waals surface area contributed by atoms with E-state index in [4.69, 9.17) is 4.74 Å². The number of piperidine rings is 1. The summed E-state index contributed by atoms with van der Waals surface area (Å²) in [5.41, 5.74) is 0.651. The molecular formula is C20H25N3O4S. The Hall–Kier alpha value is -2.42. The Kier molecular flexibility index (Phi) is 6.33. The fraction of sp³-hybridized carbons (Fsp3) is 0.350. The Balaban J connectivity index is 1.60. The van der Waals surface area contributed by atoms with E-state index in [-0.39, 0.29) is 18.4 Å². The number of carbonyl (C=O) groups is 1. The second-order valence-electron chi connectivity index (χ2n) is 6.92. The van der Waals surface area contributed by atoms with Gasteiger partial charge in [-0.15, -0.1) is 0 Å². The smallest absolute Gasteiger partial charge is 0.281 e. The van der Waals surface area contributed by atoms with E-state index in [1.54, 1.807) is 24.3 Å². The van der Waals surface area contributed by atoms with Gasteiger partial charge in [-0.25, -0.2) is 0 Å². The van der Waals surface area contributed by atoms with Crippen LogP contribution in [-0.4, -0.2) is 50.1 Å². The van der Waals surface area contributed by atoms with Gasteiger partial charge in [0.25, 0.3) is 10.2 Å². The SMILES string of the molecule is CN(C)S(=O)(=O)N1CCC[C@@H](C(=O)Nc2ccc(Oc3ccccc3)cc2)C1. The third kappa shape index (κ3) is 4.89. The van der Waals surface area contributed by atoms with Gasteiger partial charge in [0.15, 0.2) is 0 Å². The summed E-state index contributed by atoms with van der Waals surface area (Å²) in [4.78, 5) is 12.6. The molecule has 1 saturated heterocycles. The minimum atomic E-state index is -3.50. The number of anilines is 1. The third-order valence-electron chi connectivity index (χ3n) is 4.64. The molecule has 0 aliphatic carbocycles. The molecule has 3 rings (SSSR count). The number of carbonyl (C=O) groups excluding carboxylic acids is 1. The lowest BCUT2D eigenvalue weighted by atomic mass is 9.99. The van der Waals surface area contributed by atoms with Gasteiger partial charge in [-0.05, 0) is 49.2 Å². The van der Waals surface area contributed by atoms with Crippen LogP contribution in [0, 0.1) is 5.92 Å². The van der Waals surface area contributed by atoms with Gasteiger partial charge in [-0.3, -0.25) is 4.79 Å². The predicted molar refractivity (Wildman–Crippen MR) is 108 cm³/mol. The second kappa shape index (κ2) is 8.72. The molecule has 150 valence electrons. The van der Waals surface area contributed by atoms with Crippen molar-refractivity contribution in [1.82, 2.24) is 8.61 Å². The quantitative estimate of drug-likeness (QED) is 0.804. The van der Waals surface area contributed by atoms with Crippen LogP contribution in [0.4, 0.5) is 5.69 Å². The summed E-state index contributed by atoms with van der Waals surface area (Å²) < 4.78 is 32.9.